The Balaban J connectivity index is 1.66. The summed E-state index contributed by atoms with van der Waals surface area (Å²) in [5.41, 5.74) is 5.41. The monoisotopic (exact) mass is 316 g/mol. The van der Waals surface area contributed by atoms with E-state index in [2.05, 4.69) is 0 Å². The van der Waals surface area contributed by atoms with Crippen LogP contribution < -0.4 is 5.73 Å². The van der Waals surface area contributed by atoms with Crippen LogP contribution in [0.25, 0.3) is 0 Å². The Labute approximate surface area is 130 Å². The average Bonchev–Trinajstić information content (AvgIpc) is 2.90. The van der Waals surface area contributed by atoms with Gasteiger partial charge in [0.05, 0.1) is 0 Å². The van der Waals surface area contributed by atoms with Crippen LogP contribution >= 0.6 is 0 Å². The third-order valence-corrected chi connectivity index (χ3v) is 5.50. The SMILES string of the molecule is CC(C)(C)OC(=O)N1C[C@@H]2C[C@H]1C2C1(N)CCC(F)(F)CC1. The minimum absolute atomic E-state index is 0.0663. The van der Waals surface area contributed by atoms with Crippen molar-refractivity contribution in [3.8, 4) is 0 Å². The van der Waals surface area contributed by atoms with Gasteiger partial charge in [0.25, 0.3) is 0 Å². The first kappa shape index (κ1) is 16.0. The molecule has 2 N–H and O–H groups in total. The van der Waals surface area contributed by atoms with Crippen molar-refractivity contribution in [1.29, 1.82) is 0 Å². The van der Waals surface area contributed by atoms with E-state index in [9.17, 15) is 13.6 Å². The van der Waals surface area contributed by atoms with Crippen molar-refractivity contribution in [2.45, 2.75) is 76.0 Å². The van der Waals surface area contributed by atoms with Gasteiger partial charge in [0.2, 0.25) is 5.92 Å². The van der Waals surface area contributed by atoms with Crippen LogP contribution in [-0.4, -0.2) is 40.6 Å². The first-order chi connectivity index (χ1) is 10.0. The molecule has 4 rings (SSSR count). The van der Waals surface area contributed by atoms with Crippen LogP contribution in [0.5, 0.6) is 0 Å². The number of nitrogens with two attached hydrogens (primary N) is 1. The van der Waals surface area contributed by atoms with Gasteiger partial charge in [-0.25, -0.2) is 13.6 Å². The molecule has 0 radical (unpaired) electrons. The van der Waals surface area contributed by atoms with Gasteiger partial charge in [0, 0.05) is 36.9 Å². The minimum atomic E-state index is -2.57. The second-order valence-electron chi connectivity index (χ2n) is 8.31. The fraction of sp³-hybridized carbons (Fsp3) is 0.938. The van der Waals surface area contributed by atoms with Gasteiger partial charge in [0.1, 0.15) is 5.60 Å². The van der Waals surface area contributed by atoms with Crippen LogP contribution in [0, 0.1) is 11.8 Å². The third kappa shape index (κ3) is 2.70. The molecule has 3 atom stereocenters. The number of carbonyl (C=O) groups excluding carboxylic acids is 1. The van der Waals surface area contributed by atoms with Crippen LogP contribution in [0.4, 0.5) is 13.6 Å². The summed E-state index contributed by atoms with van der Waals surface area (Å²) in [6.07, 6.45) is 1.06. The fourth-order valence-electron chi connectivity index (χ4n) is 4.42. The molecule has 2 aliphatic carbocycles. The molecular weight excluding hydrogens is 290 g/mol. The number of rotatable bonds is 1. The predicted molar refractivity (Wildman–Crippen MR) is 78.7 cm³/mol. The molecule has 0 spiro atoms. The number of hydrogen-bond acceptors (Lipinski definition) is 3. The zero-order valence-corrected chi connectivity index (χ0v) is 13.6. The second kappa shape index (κ2) is 4.79. The number of hydrogen-bond donors (Lipinski definition) is 1. The lowest BCUT2D eigenvalue weighted by molar-refractivity contribution is -0.0737. The Hall–Kier alpha value is -0.910. The molecular formula is C16H26F2N2O2. The summed E-state index contributed by atoms with van der Waals surface area (Å²) in [7, 11) is 0. The van der Waals surface area contributed by atoms with Gasteiger partial charge in [-0.1, -0.05) is 0 Å². The smallest absolute Gasteiger partial charge is 0.410 e. The van der Waals surface area contributed by atoms with Gasteiger partial charge >= 0.3 is 6.09 Å². The lowest BCUT2D eigenvalue weighted by atomic mass is 9.59. The summed E-state index contributed by atoms with van der Waals surface area (Å²) in [5.74, 6) is -2.08. The molecule has 2 bridgehead atoms. The van der Waals surface area contributed by atoms with Crippen molar-refractivity contribution in [1.82, 2.24) is 4.90 Å². The van der Waals surface area contributed by atoms with Crippen LogP contribution in [0.15, 0.2) is 0 Å². The van der Waals surface area contributed by atoms with Gasteiger partial charge in [-0.15, -0.1) is 0 Å². The van der Waals surface area contributed by atoms with Crippen LogP contribution in [0.1, 0.15) is 52.9 Å². The van der Waals surface area contributed by atoms with E-state index >= 15 is 0 Å². The zero-order chi connectivity index (χ0) is 16.3. The van der Waals surface area contributed by atoms with E-state index in [4.69, 9.17) is 10.5 Å². The number of halogens is 2. The fourth-order valence-corrected chi connectivity index (χ4v) is 4.42. The molecule has 0 aromatic carbocycles. The molecule has 6 heteroatoms. The van der Waals surface area contributed by atoms with Gasteiger partial charge in [0.15, 0.2) is 0 Å². The molecule has 2 heterocycles. The molecule has 4 fully saturated rings. The molecule has 2 saturated heterocycles. The summed E-state index contributed by atoms with van der Waals surface area (Å²) < 4.78 is 32.2. The van der Waals surface area contributed by atoms with E-state index in [1.165, 1.54) is 0 Å². The standard InChI is InChI=1S/C16H26F2N2O2/c1-14(2,3)22-13(21)20-9-10-8-11(20)12(10)15(19)4-6-16(17,18)7-5-15/h10-12H,4-9,19H2,1-3H3/t10-,11-,12?/m0/s1. The lowest BCUT2D eigenvalue weighted by Crippen LogP contribution is -2.61. The lowest BCUT2D eigenvalue weighted by Gasteiger charge is -2.51. The highest BCUT2D eigenvalue weighted by atomic mass is 19.3. The van der Waals surface area contributed by atoms with Crippen molar-refractivity contribution >= 4 is 6.09 Å². The Morgan fingerprint density at radius 2 is 1.82 bits per heavy atom. The molecule has 2 aliphatic heterocycles. The average molecular weight is 316 g/mol. The molecule has 126 valence electrons. The van der Waals surface area contributed by atoms with Crippen molar-refractivity contribution < 1.29 is 18.3 Å². The van der Waals surface area contributed by atoms with E-state index < -0.39 is 17.1 Å². The summed E-state index contributed by atoms with van der Waals surface area (Å²) in [6, 6.07) is 0.0663. The molecule has 2 saturated carbocycles. The van der Waals surface area contributed by atoms with Gasteiger partial charge in [-0.3, -0.25) is 0 Å². The number of ether oxygens (including phenoxy) is 1. The van der Waals surface area contributed by atoms with Crippen LogP contribution in [0.3, 0.4) is 0 Å². The maximum absolute atomic E-state index is 13.4. The first-order valence-electron chi connectivity index (χ1n) is 8.17. The van der Waals surface area contributed by atoms with Gasteiger partial charge < -0.3 is 15.4 Å². The number of nitrogens with zero attached hydrogens (tertiary/aromatic N) is 1. The van der Waals surface area contributed by atoms with Crippen LogP contribution in [-0.2, 0) is 4.74 Å². The summed E-state index contributed by atoms with van der Waals surface area (Å²) in [4.78, 5) is 14.0. The molecule has 4 nitrogen and oxygen atoms in total. The molecule has 1 amide bonds. The predicted octanol–water partition coefficient (Wildman–Crippen LogP) is 3.15. The molecule has 0 aromatic rings. The highest BCUT2D eigenvalue weighted by Gasteiger charge is 2.62. The molecule has 22 heavy (non-hydrogen) atoms. The maximum Gasteiger partial charge on any atom is 0.410 e. The highest BCUT2D eigenvalue weighted by Crippen LogP contribution is 2.55. The van der Waals surface area contributed by atoms with E-state index in [0.29, 0.717) is 25.3 Å². The number of alkyl halides is 2. The van der Waals surface area contributed by atoms with Crippen molar-refractivity contribution in [3.05, 3.63) is 0 Å². The highest BCUT2D eigenvalue weighted by molar-refractivity contribution is 5.70. The first-order valence-corrected chi connectivity index (χ1v) is 8.17. The quantitative estimate of drug-likeness (QED) is 0.808. The zero-order valence-electron chi connectivity index (χ0n) is 13.6. The van der Waals surface area contributed by atoms with E-state index in [0.717, 1.165) is 6.42 Å². The van der Waals surface area contributed by atoms with Crippen molar-refractivity contribution in [2.24, 2.45) is 17.6 Å². The van der Waals surface area contributed by atoms with Gasteiger partial charge in [-0.05, 0) is 46.0 Å². The van der Waals surface area contributed by atoms with Crippen molar-refractivity contribution in [2.75, 3.05) is 6.54 Å². The topological polar surface area (TPSA) is 55.6 Å². The van der Waals surface area contributed by atoms with Gasteiger partial charge in [-0.2, -0.15) is 0 Å². The normalized spacial score (nSPS) is 35.9. The Kier molecular flexibility index (Phi) is 3.48. The summed E-state index contributed by atoms with van der Waals surface area (Å²) in [5, 5.41) is 0. The largest absolute Gasteiger partial charge is 0.444 e. The Morgan fingerprint density at radius 3 is 2.36 bits per heavy atom. The summed E-state index contributed by atoms with van der Waals surface area (Å²) in [6.45, 7) is 6.18. The third-order valence-electron chi connectivity index (χ3n) is 5.50. The number of amides is 1. The van der Waals surface area contributed by atoms with E-state index in [1.54, 1.807) is 4.90 Å². The summed E-state index contributed by atoms with van der Waals surface area (Å²) >= 11 is 0. The molecule has 0 aromatic heterocycles. The van der Waals surface area contributed by atoms with E-state index in [1.807, 2.05) is 20.8 Å². The number of fused-ring (bicyclic) bond motifs is 1. The Morgan fingerprint density at radius 1 is 1.23 bits per heavy atom. The molecule has 4 aliphatic rings. The van der Waals surface area contributed by atoms with Crippen molar-refractivity contribution in [3.63, 3.8) is 0 Å². The minimum Gasteiger partial charge on any atom is -0.444 e. The van der Waals surface area contributed by atoms with E-state index in [-0.39, 0.29) is 30.9 Å². The maximum atomic E-state index is 13.4. The molecule has 1 unspecified atom stereocenters. The van der Waals surface area contributed by atoms with Crippen LogP contribution in [0.2, 0.25) is 0 Å². The number of carbonyl (C=O) groups is 1. The second-order valence-corrected chi connectivity index (χ2v) is 8.31. The Bertz CT molecular complexity index is 465.